The second kappa shape index (κ2) is 6.01. The summed E-state index contributed by atoms with van der Waals surface area (Å²) < 4.78 is 1.74. The second-order valence-electron chi connectivity index (χ2n) is 5.69. The number of imidazole rings is 1. The first kappa shape index (κ1) is 15.5. The van der Waals surface area contributed by atoms with E-state index in [4.69, 9.17) is 11.6 Å². The minimum Gasteiger partial charge on any atom is -0.504 e. The molecule has 6 heteroatoms. The van der Waals surface area contributed by atoms with Gasteiger partial charge < -0.3 is 5.11 Å². The van der Waals surface area contributed by atoms with E-state index in [-0.39, 0.29) is 11.7 Å². The highest BCUT2D eigenvalue weighted by Gasteiger charge is 2.17. The molecule has 2 heterocycles. The Labute approximate surface area is 139 Å². The molecule has 1 N–H and O–H groups in total. The van der Waals surface area contributed by atoms with Crippen LogP contribution in [-0.2, 0) is 0 Å². The van der Waals surface area contributed by atoms with Gasteiger partial charge in [0.2, 0.25) is 0 Å². The number of azo groups is 1. The van der Waals surface area contributed by atoms with Gasteiger partial charge in [-0.25, -0.2) is 4.98 Å². The van der Waals surface area contributed by atoms with Crippen LogP contribution < -0.4 is 0 Å². The van der Waals surface area contributed by atoms with Crippen LogP contribution in [0.2, 0.25) is 5.02 Å². The number of hydrogen-bond donors (Lipinski definition) is 1. The van der Waals surface area contributed by atoms with Crippen LogP contribution >= 0.6 is 11.6 Å². The van der Waals surface area contributed by atoms with Crippen molar-refractivity contribution in [2.45, 2.75) is 26.7 Å². The largest absolute Gasteiger partial charge is 0.504 e. The Bertz CT molecular complexity index is 899. The number of hydrogen-bond acceptors (Lipinski definition) is 4. The number of aryl methyl sites for hydroxylation is 1. The van der Waals surface area contributed by atoms with E-state index in [1.165, 1.54) is 0 Å². The predicted octanol–water partition coefficient (Wildman–Crippen LogP) is 5.54. The van der Waals surface area contributed by atoms with Crippen molar-refractivity contribution in [2.75, 3.05) is 0 Å². The van der Waals surface area contributed by atoms with Gasteiger partial charge in [0.1, 0.15) is 0 Å². The van der Waals surface area contributed by atoms with Gasteiger partial charge in [0.15, 0.2) is 17.2 Å². The van der Waals surface area contributed by atoms with Crippen molar-refractivity contribution in [1.82, 2.24) is 9.38 Å². The Kier molecular flexibility index (Phi) is 4.05. The molecule has 0 amide bonds. The molecule has 0 saturated heterocycles. The molecule has 23 heavy (non-hydrogen) atoms. The molecule has 0 radical (unpaired) electrons. The third-order valence-electron chi connectivity index (χ3n) is 3.60. The van der Waals surface area contributed by atoms with Crippen LogP contribution in [0.4, 0.5) is 11.5 Å². The summed E-state index contributed by atoms with van der Waals surface area (Å²) in [6.07, 6.45) is 1.81. The molecule has 0 aliphatic carbocycles. The van der Waals surface area contributed by atoms with Gasteiger partial charge in [-0.2, -0.15) is 0 Å². The maximum atomic E-state index is 9.98. The van der Waals surface area contributed by atoms with Crippen molar-refractivity contribution < 1.29 is 5.11 Å². The van der Waals surface area contributed by atoms with Crippen molar-refractivity contribution in [3.05, 3.63) is 52.8 Å². The third kappa shape index (κ3) is 2.92. The number of rotatable bonds is 3. The standard InChI is InChI=1S/C17H17ClN4O/c1-10(2)15-17(22-8-4-5-14(23)16(22)19-15)21-20-13-9-12(18)7-6-11(13)3/h4-10,23H,1-3H3. The summed E-state index contributed by atoms with van der Waals surface area (Å²) in [4.78, 5) is 4.50. The van der Waals surface area contributed by atoms with Crippen LogP contribution in [0.15, 0.2) is 46.8 Å². The highest BCUT2D eigenvalue weighted by atomic mass is 35.5. The third-order valence-corrected chi connectivity index (χ3v) is 3.84. The number of aromatic nitrogens is 2. The molecule has 0 aliphatic heterocycles. The zero-order valence-corrected chi connectivity index (χ0v) is 13.9. The zero-order chi connectivity index (χ0) is 16.6. The van der Waals surface area contributed by atoms with E-state index in [0.29, 0.717) is 22.2 Å². The molecular formula is C17H17ClN4O. The van der Waals surface area contributed by atoms with Gasteiger partial charge in [-0.1, -0.05) is 31.5 Å². The molecule has 3 aromatic rings. The van der Waals surface area contributed by atoms with E-state index in [0.717, 1.165) is 11.3 Å². The fraction of sp³-hybridized carbons (Fsp3) is 0.235. The lowest BCUT2D eigenvalue weighted by Gasteiger charge is -2.03. The average molecular weight is 329 g/mol. The quantitative estimate of drug-likeness (QED) is 0.641. The van der Waals surface area contributed by atoms with Crippen LogP contribution in [0.25, 0.3) is 5.65 Å². The molecule has 3 rings (SSSR count). The highest BCUT2D eigenvalue weighted by molar-refractivity contribution is 6.30. The van der Waals surface area contributed by atoms with Gasteiger partial charge in [-0.05, 0) is 42.7 Å². The van der Waals surface area contributed by atoms with Gasteiger partial charge in [-0.3, -0.25) is 4.40 Å². The van der Waals surface area contributed by atoms with Crippen LogP contribution in [-0.4, -0.2) is 14.5 Å². The van der Waals surface area contributed by atoms with Gasteiger partial charge in [-0.15, -0.1) is 10.2 Å². The Morgan fingerprint density at radius 2 is 2.00 bits per heavy atom. The summed E-state index contributed by atoms with van der Waals surface area (Å²) in [7, 11) is 0. The number of benzene rings is 1. The number of fused-ring (bicyclic) bond motifs is 1. The van der Waals surface area contributed by atoms with E-state index >= 15 is 0 Å². The monoisotopic (exact) mass is 328 g/mol. The molecular weight excluding hydrogens is 312 g/mol. The van der Waals surface area contributed by atoms with E-state index < -0.39 is 0 Å². The van der Waals surface area contributed by atoms with Crippen LogP contribution in [0.1, 0.15) is 31.0 Å². The lowest BCUT2D eigenvalue weighted by atomic mass is 10.1. The highest BCUT2D eigenvalue weighted by Crippen LogP contribution is 2.33. The first-order valence-corrected chi connectivity index (χ1v) is 7.73. The van der Waals surface area contributed by atoms with Gasteiger partial charge >= 0.3 is 0 Å². The molecule has 0 spiro atoms. The first-order chi connectivity index (χ1) is 11.0. The summed E-state index contributed by atoms with van der Waals surface area (Å²) >= 11 is 6.02. The Hall–Kier alpha value is -2.40. The normalized spacial score (nSPS) is 11.9. The van der Waals surface area contributed by atoms with Crippen molar-refractivity contribution >= 4 is 28.8 Å². The Morgan fingerprint density at radius 3 is 2.74 bits per heavy atom. The lowest BCUT2D eigenvalue weighted by Crippen LogP contribution is -1.87. The maximum Gasteiger partial charge on any atom is 0.183 e. The molecule has 0 fully saturated rings. The number of halogens is 1. The predicted molar refractivity (Wildman–Crippen MR) is 91.3 cm³/mol. The van der Waals surface area contributed by atoms with E-state index in [2.05, 4.69) is 15.2 Å². The lowest BCUT2D eigenvalue weighted by molar-refractivity contribution is 0.477. The molecule has 1 aromatic carbocycles. The summed E-state index contributed by atoms with van der Waals surface area (Å²) in [5.74, 6) is 0.892. The maximum absolute atomic E-state index is 9.98. The van der Waals surface area contributed by atoms with Crippen molar-refractivity contribution in [3.8, 4) is 5.75 Å². The van der Waals surface area contributed by atoms with E-state index in [1.54, 1.807) is 22.6 Å². The van der Waals surface area contributed by atoms with Gasteiger partial charge in [0.25, 0.3) is 0 Å². The smallest absolute Gasteiger partial charge is 0.183 e. The summed E-state index contributed by atoms with van der Waals surface area (Å²) in [6.45, 7) is 6.01. The van der Waals surface area contributed by atoms with E-state index in [1.807, 2.05) is 39.1 Å². The van der Waals surface area contributed by atoms with Crippen LogP contribution in [0.5, 0.6) is 5.75 Å². The van der Waals surface area contributed by atoms with Gasteiger partial charge in [0.05, 0.1) is 11.4 Å². The summed E-state index contributed by atoms with van der Waals surface area (Å²) in [6, 6.07) is 8.85. The minimum absolute atomic E-state index is 0.120. The Morgan fingerprint density at radius 1 is 1.22 bits per heavy atom. The molecule has 118 valence electrons. The van der Waals surface area contributed by atoms with Gasteiger partial charge in [0, 0.05) is 11.2 Å². The fourth-order valence-electron chi connectivity index (χ4n) is 2.34. The van der Waals surface area contributed by atoms with Crippen LogP contribution in [0.3, 0.4) is 0 Å². The second-order valence-corrected chi connectivity index (χ2v) is 6.13. The number of aromatic hydroxyl groups is 1. The van der Waals surface area contributed by atoms with Crippen LogP contribution in [0, 0.1) is 6.92 Å². The summed E-state index contributed by atoms with van der Waals surface area (Å²) in [5, 5.41) is 19.3. The average Bonchev–Trinajstić information content (AvgIpc) is 2.89. The van der Waals surface area contributed by atoms with Crippen molar-refractivity contribution in [2.24, 2.45) is 10.2 Å². The summed E-state index contributed by atoms with van der Waals surface area (Å²) in [5.41, 5.74) is 2.96. The molecule has 0 aliphatic rings. The number of nitrogens with zero attached hydrogens (tertiary/aromatic N) is 4. The molecule has 2 aromatic heterocycles. The topological polar surface area (TPSA) is 62.2 Å². The molecule has 0 unspecified atom stereocenters. The van der Waals surface area contributed by atoms with Crippen molar-refractivity contribution in [1.29, 1.82) is 0 Å². The molecule has 0 atom stereocenters. The molecule has 5 nitrogen and oxygen atoms in total. The first-order valence-electron chi connectivity index (χ1n) is 7.35. The fourth-order valence-corrected chi connectivity index (χ4v) is 2.50. The Balaban J connectivity index is 2.15. The molecule has 0 bridgehead atoms. The minimum atomic E-state index is 0.120. The van der Waals surface area contributed by atoms with E-state index in [9.17, 15) is 5.11 Å². The SMILES string of the molecule is Cc1ccc(Cl)cc1N=Nc1c(C(C)C)nc2c(O)cccn12. The number of pyridine rings is 1. The zero-order valence-electron chi connectivity index (χ0n) is 13.2. The molecule has 0 saturated carbocycles. The van der Waals surface area contributed by atoms with Crippen molar-refractivity contribution in [3.63, 3.8) is 0 Å².